The smallest absolute Gasteiger partial charge is 0.165 e. The molecule has 2 nitrogen and oxygen atoms in total. The van der Waals surface area contributed by atoms with Gasteiger partial charge in [0.05, 0.1) is 12.2 Å². The first kappa shape index (κ1) is 9.40. The monoisotopic (exact) mass is 199 g/mol. The number of halogens is 2. The Hall–Kier alpha value is -1.16. The van der Waals surface area contributed by atoms with E-state index in [1.807, 2.05) is 0 Å². The van der Waals surface area contributed by atoms with E-state index in [1.165, 1.54) is 0 Å². The van der Waals surface area contributed by atoms with Crippen LogP contribution in [0.5, 0.6) is 5.75 Å². The van der Waals surface area contributed by atoms with Crippen LogP contribution in [0.15, 0.2) is 12.1 Å². The summed E-state index contributed by atoms with van der Waals surface area (Å²) >= 11 is 0. The number of fused-ring (bicyclic) bond motifs is 1. The lowest BCUT2D eigenvalue weighted by Gasteiger charge is -2.32. The van der Waals surface area contributed by atoms with E-state index in [9.17, 15) is 8.78 Å². The molecule has 0 amide bonds. The van der Waals surface area contributed by atoms with Crippen molar-refractivity contribution in [2.75, 3.05) is 6.61 Å². The molecule has 0 spiro atoms. The van der Waals surface area contributed by atoms with Gasteiger partial charge in [-0.1, -0.05) is 0 Å². The number of nitrogens with two attached hydrogens (primary N) is 1. The molecule has 1 aliphatic rings. The summed E-state index contributed by atoms with van der Waals surface area (Å²) in [4.78, 5) is 0. The van der Waals surface area contributed by atoms with Crippen molar-refractivity contribution in [1.82, 2.24) is 0 Å². The quantitative estimate of drug-likeness (QED) is 0.692. The fourth-order valence-corrected chi connectivity index (χ4v) is 1.70. The largest absolute Gasteiger partial charge is 0.490 e. The van der Waals surface area contributed by atoms with Crippen LogP contribution in [-0.4, -0.2) is 6.61 Å². The number of ether oxygens (including phenoxy) is 1. The Morgan fingerprint density at radius 1 is 1.36 bits per heavy atom. The Morgan fingerprint density at radius 3 is 2.64 bits per heavy atom. The standard InChI is InChI=1S/C10H11F2NO/c1-10(13)4-5-14-9-7(12)3-2-6(11)8(9)10/h2-3H,4-5,13H2,1H3. The molecule has 0 fully saturated rings. The molecule has 1 heterocycles. The first-order valence-electron chi connectivity index (χ1n) is 4.42. The molecule has 1 aromatic rings. The number of rotatable bonds is 0. The van der Waals surface area contributed by atoms with E-state index >= 15 is 0 Å². The second-order valence-corrected chi connectivity index (χ2v) is 3.75. The summed E-state index contributed by atoms with van der Waals surface area (Å²) in [6.07, 6.45) is 0.486. The van der Waals surface area contributed by atoms with E-state index in [2.05, 4.69) is 0 Å². The molecular weight excluding hydrogens is 188 g/mol. The van der Waals surface area contributed by atoms with Crippen LogP contribution in [0.4, 0.5) is 8.78 Å². The molecule has 0 saturated heterocycles. The molecule has 4 heteroatoms. The van der Waals surface area contributed by atoms with Gasteiger partial charge in [-0.15, -0.1) is 0 Å². The third kappa shape index (κ3) is 1.26. The van der Waals surface area contributed by atoms with Crippen LogP contribution in [0, 0.1) is 11.6 Å². The highest BCUT2D eigenvalue weighted by Gasteiger charge is 2.34. The van der Waals surface area contributed by atoms with Crippen molar-refractivity contribution in [3.8, 4) is 5.75 Å². The van der Waals surface area contributed by atoms with Crippen LogP contribution in [0.1, 0.15) is 18.9 Å². The molecule has 0 aromatic heterocycles. The minimum atomic E-state index is -0.847. The third-order valence-corrected chi connectivity index (χ3v) is 2.50. The van der Waals surface area contributed by atoms with Crippen molar-refractivity contribution in [3.05, 3.63) is 29.3 Å². The highest BCUT2D eigenvalue weighted by molar-refractivity contribution is 5.42. The average molecular weight is 199 g/mol. The van der Waals surface area contributed by atoms with E-state index in [4.69, 9.17) is 10.5 Å². The zero-order chi connectivity index (χ0) is 10.3. The summed E-state index contributed by atoms with van der Waals surface area (Å²) in [5.74, 6) is -1.11. The third-order valence-electron chi connectivity index (χ3n) is 2.50. The number of benzene rings is 1. The van der Waals surface area contributed by atoms with Gasteiger partial charge in [0.15, 0.2) is 11.6 Å². The molecule has 0 bridgehead atoms. The van der Waals surface area contributed by atoms with E-state index in [0.717, 1.165) is 12.1 Å². The van der Waals surface area contributed by atoms with Crippen molar-refractivity contribution in [3.63, 3.8) is 0 Å². The van der Waals surface area contributed by atoms with Crippen molar-refractivity contribution in [1.29, 1.82) is 0 Å². The van der Waals surface area contributed by atoms with Gasteiger partial charge < -0.3 is 10.5 Å². The van der Waals surface area contributed by atoms with Crippen LogP contribution in [-0.2, 0) is 5.54 Å². The highest BCUT2D eigenvalue weighted by atomic mass is 19.1. The number of hydrogen-bond acceptors (Lipinski definition) is 2. The van der Waals surface area contributed by atoms with Crippen molar-refractivity contribution >= 4 is 0 Å². The molecule has 0 saturated carbocycles. The summed E-state index contributed by atoms with van der Waals surface area (Å²) in [6, 6.07) is 2.13. The maximum absolute atomic E-state index is 13.4. The van der Waals surface area contributed by atoms with Gasteiger partial charge in [-0.3, -0.25) is 0 Å². The molecule has 2 rings (SSSR count). The van der Waals surface area contributed by atoms with Gasteiger partial charge in [0.2, 0.25) is 0 Å². The Morgan fingerprint density at radius 2 is 2.00 bits per heavy atom. The van der Waals surface area contributed by atoms with Crippen LogP contribution in [0.2, 0.25) is 0 Å². The predicted molar refractivity (Wildman–Crippen MR) is 48.0 cm³/mol. The fourth-order valence-electron chi connectivity index (χ4n) is 1.70. The summed E-state index contributed by atoms with van der Waals surface area (Å²) in [7, 11) is 0. The summed E-state index contributed by atoms with van der Waals surface area (Å²) in [6.45, 7) is 2.00. The van der Waals surface area contributed by atoms with E-state index < -0.39 is 17.2 Å². The molecule has 1 aromatic carbocycles. The summed E-state index contributed by atoms with van der Waals surface area (Å²) in [5.41, 5.74) is 5.17. The van der Waals surface area contributed by atoms with Crippen LogP contribution in [0.3, 0.4) is 0 Å². The van der Waals surface area contributed by atoms with Gasteiger partial charge in [-0.05, 0) is 19.1 Å². The Kier molecular flexibility index (Phi) is 1.96. The molecule has 1 aliphatic heterocycles. The van der Waals surface area contributed by atoms with E-state index in [0.29, 0.717) is 13.0 Å². The molecule has 0 aliphatic carbocycles. The van der Waals surface area contributed by atoms with Gasteiger partial charge in [0.1, 0.15) is 5.82 Å². The van der Waals surface area contributed by atoms with Crippen molar-refractivity contribution in [2.45, 2.75) is 18.9 Å². The lowest BCUT2D eigenvalue weighted by atomic mass is 9.87. The lowest BCUT2D eigenvalue weighted by Crippen LogP contribution is -2.39. The van der Waals surface area contributed by atoms with Gasteiger partial charge in [0, 0.05) is 12.0 Å². The molecule has 76 valence electrons. The molecule has 14 heavy (non-hydrogen) atoms. The van der Waals surface area contributed by atoms with Gasteiger partial charge in [-0.25, -0.2) is 8.78 Å². The molecule has 2 N–H and O–H groups in total. The average Bonchev–Trinajstić information content (AvgIpc) is 2.10. The SMILES string of the molecule is CC1(N)CCOc2c(F)ccc(F)c21. The molecular formula is C10H11F2NO. The Balaban J connectivity index is 2.67. The second-order valence-electron chi connectivity index (χ2n) is 3.75. The summed E-state index contributed by atoms with van der Waals surface area (Å²) in [5, 5.41) is 0. The first-order chi connectivity index (χ1) is 6.52. The van der Waals surface area contributed by atoms with Crippen LogP contribution >= 0.6 is 0 Å². The van der Waals surface area contributed by atoms with Crippen LogP contribution < -0.4 is 10.5 Å². The molecule has 0 radical (unpaired) electrons. The maximum Gasteiger partial charge on any atom is 0.165 e. The minimum Gasteiger partial charge on any atom is -0.490 e. The first-order valence-corrected chi connectivity index (χ1v) is 4.42. The van der Waals surface area contributed by atoms with Gasteiger partial charge >= 0.3 is 0 Å². The van der Waals surface area contributed by atoms with Crippen molar-refractivity contribution in [2.24, 2.45) is 5.73 Å². The predicted octanol–water partition coefficient (Wildman–Crippen LogP) is 1.92. The van der Waals surface area contributed by atoms with Gasteiger partial charge in [-0.2, -0.15) is 0 Å². The lowest BCUT2D eigenvalue weighted by molar-refractivity contribution is 0.211. The fraction of sp³-hybridized carbons (Fsp3) is 0.400. The highest BCUT2D eigenvalue weighted by Crippen LogP contribution is 2.38. The molecule has 1 atom stereocenters. The number of hydrogen-bond donors (Lipinski definition) is 1. The Labute approximate surface area is 80.7 Å². The Bertz CT molecular complexity index is 377. The topological polar surface area (TPSA) is 35.2 Å². The van der Waals surface area contributed by atoms with E-state index in [1.54, 1.807) is 6.92 Å². The minimum absolute atomic E-state index is 0.0405. The second kappa shape index (κ2) is 2.92. The molecule has 1 unspecified atom stereocenters. The normalized spacial score (nSPS) is 25.4. The summed E-state index contributed by atoms with van der Waals surface area (Å²) < 4.78 is 31.7. The maximum atomic E-state index is 13.4. The van der Waals surface area contributed by atoms with Crippen LogP contribution in [0.25, 0.3) is 0 Å². The van der Waals surface area contributed by atoms with E-state index in [-0.39, 0.29) is 11.3 Å². The zero-order valence-corrected chi connectivity index (χ0v) is 7.81. The van der Waals surface area contributed by atoms with Gasteiger partial charge in [0.25, 0.3) is 0 Å². The van der Waals surface area contributed by atoms with Crippen molar-refractivity contribution < 1.29 is 13.5 Å². The zero-order valence-electron chi connectivity index (χ0n) is 7.81.